The predicted octanol–water partition coefficient (Wildman–Crippen LogP) is 0.238. The van der Waals surface area contributed by atoms with Crippen LogP contribution in [0.3, 0.4) is 0 Å². The Labute approximate surface area is 103 Å². The summed E-state index contributed by atoms with van der Waals surface area (Å²) in [5, 5.41) is 0. The summed E-state index contributed by atoms with van der Waals surface area (Å²) in [7, 11) is -2.02. The van der Waals surface area contributed by atoms with Crippen molar-refractivity contribution < 1.29 is 22.7 Å². The first kappa shape index (κ1) is 16.3. The normalized spacial score (nSPS) is 11.8. The molecule has 0 atom stereocenters. The second-order valence-corrected chi connectivity index (χ2v) is 5.54. The van der Waals surface area contributed by atoms with Crippen LogP contribution in [0.15, 0.2) is 0 Å². The minimum absolute atomic E-state index is 0.116. The van der Waals surface area contributed by atoms with Crippen LogP contribution in [0.1, 0.15) is 20.3 Å². The van der Waals surface area contributed by atoms with E-state index < -0.39 is 16.0 Å². The van der Waals surface area contributed by atoms with E-state index in [2.05, 4.69) is 0 Å². The van der Waals surface area contributed by atoms with Gasteiger partial charge in [0.15, 0.2) is 0 Å². The molecule has 17 heavy (non-hydrogen) atoms. The Hall–Kier alpha value is -0.660. The fourth-order valence-electron chi connectivity index (χ4n) is 1.23. The van der Waals surface area contributed by atoms with E-state index in [-0.39, 0.29) is 25.5 Å². The Balaban J connectivity index is 4.54. The average Bonchev–Trinajstić information content (AvgIpc) is 2.26. The summed E-state index contributed by atoms with van der Waals surface area (Å²) in [5.41, 5.74) is 0. The van der Waals surface area contributed by atoms with E-state index in [1.807, 2.05) is 6.92 Å². The highest BCUT2D eigenvalue weighted by molar-refractivity contribution is 7.89. The van der Waals surface area contributed by atoms with Crippen LogP contribution in [0.4, 0.5) is 0 Å². The van der Waals surface area contributed by atoms with Gasteiger partial charge in [0.2, 0.25) is 10.0 Å². The van der Waals surface area contributed by atoms with Gasteiger partial charge in [0.1, 0.15) is 6.54 Å². The van der Waals surface area contributed by atoms with Gasteiger partial charge >= 0.3 is 5.97 Å². The van der Waals surface area contributed by atoms with Crippen molar-refractivity contribution in [3.05, 3.63) is 0 Å². The molecule has 0 rings (SSSR count). The number of carbonyl (C=O) groups is 1. The van der Waals surface area contributed by atoms with Gasteiger partial charge in [0.05, 0.1) is 19.0 Å². The van der Waals surface area contributed by atoms with E-state index in [4.69, 9.17) is 9.47 Å². The lowest BCUT2D eigenvalue weighted by molar-refractivity contribution is -0.143. The fraction of sp³-hybridized carbons (Fsp3) is 0.900. The third-order valence-corrected chi connectivity index (χ3v) is 3.80. The Bertz CT molecular complexity index is 315. The zero-order valence-corrected chi connectivity index (χ0v) is 11.5. The second-order valence-electron chi connectivity index (χ2n) is 3.45. The molecule has 0 bridgehead atoms. The number of hydrogen-bond donors (Lipinski definition) is 0. The minimum Gasteiger partial charge on any atom is -0.465 e. The van der Waals surface area contributed by atoms with Crippen molar-refractivity contribution in [2.45, 2.75) is 20.3 Å². The molecular weight excluding hydrogens is 246 g/mol. The van der Waals surface area contributed by atoms with E-state index in [9.17, 15) is 13.2 Å². The van der Waals surface area contributed by atoms with Gasteiger partial charge in [0.25, 0.3) is 0 Å². The second kappa shape index (κ2) is 8.43. The number of nitrogens with zero attached hydrogens (tertiary/aromatic N) is 1. The maximum absolute atomic E-state index is 11.9. The SMILES string of the molecule is CCCN(CC(=O)OCC)S(=O)(=O)CCOC. The van der Waals surface area contributed by atoms with E-state index in [0.717, 1.165) is 4.31 Å². The molecule has 0 saturated heterocycles. The molecule has 7 heteroatoms. The lowest BCUT2D eigenvalue weighted by Gasteiger charge is -2.20. The Morgan fingerprint density at radius 1 is 1.29 bits per heavy atom. The van der Waals surface area contributed by atoms with Crippen molar-refractivity contribution in [1.82, 2.24) is 4.31 Å². The summed E-state index contributed by atoms with van der Waals surface area (Å²) in [4.78, 5) is 11.3. The molecule has 0 spiro atoms. The number of esters is 1. The first-order chi connectivity index (χ1) is 7.97. The van der Waals surface area contributed by atoms with Crippen LogP contribution in [0.25, 0.3) is 0 Å². The highest BCUT2D eigenvalue weighted by Gasteiger charge is 2.23. The summed E-state index contributed by atoms with van der Waals surface area (Å²) < 4.78 is 34.3. The molecule has 0 N–H and O–H groups in total. The van der Waals surface area contributed by atoms with Crippen LogP contribution in [0.2, 0.25) is 0 Å². The maximum Gasteiger partial charge on any atom is 0.321 e. The number of carbonyl (C=O) groups excluding carboxylic acids is 1. The van der Waals surface area contributed by atoms with E-state index in [1.165, 1.54) is 7.11 Å². The molecule has 0 unspecified atom stereocenters. The molecule has 6 nitrogen and oxygen atoms in total. The molecule has 102 valence electrons. The van der Waals surface area contributed by atoms with E-state index >= 15 is 0 Å². The highest BCUT2D eigenvalue weighted by Crippen LogP contribution is 2.03. The summed E-state index contributed by atoms with van der Waals surface area (Å²) in [6.07, 6.45) is 0.644. The van der Waals surface area contributed by atoms with Gasteiger partial charge in [-0.3, -0.25) is 4.79 Å². The number of sulfonamides is 1. The Morgan fingerprint density at radius 2 is 1.94 bits per heavy atom. The van der Waals surface area contributed by atoms with Crippen molar-refractivity contribution in [2.75, 3.05) is 39.2 Å². The molecule has 0 aliphatic rings. The van der Waals surface area contributed by atoms with Crippen molar-refractivity contribution in [3.63, 3.8) is 0 Å². The van der Waals surface area contributed by atoms with Crippen LogP contribution in [-0.4, -0.2) is 57.9 Å². The monoisotopic (exact) mass is 267 g/mol. The van der Waals surface area contributed by atoms with Gasteiger partial charge in [-0.15, -0.1) is 0 Å². The Morgan fingerprint density at radius 3 is 2.41 bits per heavy atom. The van der Waals surface area contributed by atoms with Gasteiger partial charge in [-0.1, -0.05) is 6.92 Å². The van der Waals surface area contributed by atoms with Crippen LogP contribution < -0.4 is 0 Å². The van der Waals surface area contributed by atoms with Gasteiger partial charge in [0, 0.05) is 13.7 Å². The molecule has 0 aromatic rings. The molecule has 0 aromatic heterocycles. The predicted molar refractivity (Wildman–Crippen MR) is 64.2 cm³/mol. The molecule has 0 fully saturated rings. The number of methoxy groups -OCH3 is 1. The zero-order chi connectivity index (χ0) is 13.3. The summed E-state index contributed by atoms with van der Waals surface area (Å²) >= 11 is 0. The van der Waals surface area contributed by atoms with E-state index in [0.29, 0.717) is 13.0 Å². The summed E-state index contributed by atoms with van der Waals surface area (Å²) in [6, 6.07) is 0. The van der Waals surface area contributed by atoms with Crippen molar-refractivity contribution in [1.29, 1.82) is 0 Å². The third-order valence-electron chi connectivity index (χ3n) is 2.02. The summed E-state index contributed by atoms with van der Waals surface area (Å²) in [5.74, 6) is -0.648. The van der Waals surface area contributed by atoms with Crippen molar-refractivity contribution in [2.24, 2.45) is 0 Å². The fourth-order valence-corrected chi connectivity index (χ4v) is 2.63. The average molecular weight is 267 g/mol. The minimum atomic E-state index is -3.45. The van der Waals surface area contributed by atoms with Crippen molar-refractivity contribution in [3.8, 4) is 0 Å². The van der Waals surface area contributed by atoms with Gasteiger partial charge in [-0.25, -0.2) is 8.42 Å². The third kappa shape index (κ3) is 6.60. The highest BCUT2D eigenvalue weighted by atomic mass is 32.2. The summed E-state index contributed by atoms with van der Waals surface area (Å²) in [6.45, 7) is 3.98. The first-order valence-corrected chi connectivity index (χ1v) is 7.21. The van der Waals surface area contributed by atoms with Crippen molar-refractivity contribution >= 4 is 16.0 Å². The lowest BCUT2D eigenvalue weighted by Crippen LogP contribution is -2.39. The van der Waals surface area contributed by atoms with Crippen LogP contribution >= 0.6 is 0 Å². The number of rotatable bonds is 9. The standard InChI is InChI=1S/C10H21NO5S/c1-4-6-11(9-10(12)16-5-2)17(13,14)8-7-15-3/h4-9H2,1-3H3. The van der Waals surface area contributed by atoms with Crippen LogP contribution in [-0.2, 0) is 24.3 Å². The molecule has 0 aromatic carbocycles. The van der Waals surface area contributed by atoms with Gasteiger partial charge in [-0.2, -0.15) is 4.31 Å². The molecular formula is C10H21NO5S. The maximum atomic E-state index is 11.9. The largest absolute Gasteiger partial charge is 0.465 e. The zero-order valence-electron chi connectivity index (χ0n) is 10.6. The number of ether oxygens (including phenoxy) is 2. The van der Waals surface area contributed by atoms with Gasteiger partial charge < -0.3 is 9.47 Å². The van der Waals surface area contributed by atoms with E-state index in [1.54, 1.807) is 6.92 Å². The quantitative estimate of drug-likeness (QED) is 0.559. The van der Waals surface area contributed by atoms with Crippen LogP contribution in [0, 0.1) is 0 Å². The molecule has 0 aliphatic heterocycles. The molecule has 0 radical (unpaired) electrons. The molecule has 0 aliphatic carbocycles. The number of hydrogen-bond acceptors (Lipinski definition) is 5. The molecule has 0 heterocycles. The van der Waals surface area contributed by atoms with Gasteiger partial charge in [-0.05, 0) is 13.3 Å². The topological polar surface area (TPSA) is 72.9 Å². The molecule has 0 amide bonds. The lowest BCUT2D eigenvalue weighted by atomic mass is 10.5. The smallest absolute Gasteiger partial charge is 0.321 e. The Kier molecular flexibility index (Phi) is 8.11. The van der Waals surface area contributed by atoms with Crippen LogP contribution in [0.5, 0.6) is 0 Å². The first-order valence-electron chi connectivity index (χ1n) is 5.60. The molecule has 0 saturated carbocycles.